The van der Waals surface area contributed by atoms with E-state index in [0.29, 0.717) is 12.8 Å². The van der Waals surface area contributed by atoms with E-state index in [2.05, 4.69) is 26.1 Å². The lowest BCUT2D eigenvalue weighted by atomic mass is 9.43. The fraction of sp³-hybridized carbons (Fsp3) is 0.906. The smallest absolute Gasteiger partial charge is 0.322 e. The first kappa shape index (κ1) is 31.3. The molecule has 0 radical (unpaired) electrons. The molecule has 9 unspecified atom stereocenters. The maximum absolute atomic E-state index is 12.8. The third kappa shape index (κ3) is 5.56. The SMILES string of the molecule is CCC(C)(C)C(=O)OC1CC[C@@]2(C)C(C1)CC(O)C1C2CC(O)[C@]2(C)C(C(C)CCC(=O)NCC(=O)O)CCC12. The summed E-state index contributed by atoms with van der Waals surface area (Å²) in [5.41, 5.74) is -0.809. The molecule has 0 aliphatic heterocycles. The molecule has 0 heterocycles. The number of aliphatic hydroxyl groups excluding tert-OH is 2. The molecular formula is C32H53NO7. The first-order valence-electron chi connectivity index (χ1n) is 15.7. The van der Waals surface area contributed by atoms with Gasteiger partial charge >= 0.3 is 11.9 Å². The molecule has 0 spiro atoms. The molecule has 0 aromatic heterocycles. The third-order valence-corrected chi connectivity index (χ3v) is 12.5. The van der Waals surface area contributed by atoms with E-state index >= 15 is 0 Å². The summed E-state index contributed by atoms with van der Waals surface area (Å²) in [7, 11) is 0. The minimum atomic E-state index is -1.05. The van der Waals surface area contributed by atoms with Crippen LogP contribution in [0.25, 0.3) is 0 Å². The Morgan fingerprint density at radius 2 is 1.75 bits per heavy atom. The van der Waals surface area contributed by atoms with Crippen molar-refractivity contribution in [2.45, 2.75) is 124 Å². The molecule has 11 atom stereocenters. The number of ether oxygens (including phenoxy) is 1. The van der Waals surface area contributed by atoms with Gasteiger partial charge in [-0.05, 0) is 118 Å². The second-order valence-electron chi connectivity index (χ2n) is 14.8. The summed E-state index contributed by atoms with van der Waals surface area (Å²) in [4.78, 5) is 35.7. The predicted octanol–water partition coefficient (Wildman–Crippen LogP) is 4.55. The zero-order valence-electron chi connectivity index (χ0n) is 25.4. The summed E-state index contributed by atoms with van der Waals surface area (Å²) in [6.07, 6.45) is 6.54. The number of esters is 1. The number of carboxylic acid groups (broad SMARTS) is 1. The number of hydrogen-bond acceptors (Lipinski definition) is 6. The molecule has 40 heavy (non-hydrogen) atoms. The van der Waals surface area contributed by atoms with Crippen LogP contribution in [-0.2, 0) is 19.1 Å². The summed E-state index contributed by atoms with van der Waals surface area (Å²) in [5.74, 6) is -0.122. The van der Waals surface area contributed by atoms with Gasteiger partial charge in [-0.2, -0.15) is 0 Å². The highest BCUT2D eigenvalue weighted by molar-refractivity contribution is 5.81. The van der Waals surface area contributed by atoms with Crippen LogP contribution in [0.4, 0.5) is 0 Å². The first-order valence-corrected chi connectivity index (χ1v) is 15.7. The lowest BCUT2D eigenvalue weighted by Crippen LogP contribution is -2.62. The van der Waals surface area contributed by atoms with Crippen molar-refractivity contribution in [3.63, 3.8) is 0 Å². The number of fused-ring (bicyclic) bond motifs is 5. The lowest BCUT2D eigenvalue weighted by Gasteiger charge is -2.63. The van der Waals surface area contributed by atoms with E-state index in [-0.39, 0.29) is 77.3 Å². The van der Waals surface area contributed by atoms with Crippen molar-refractivity contribution in [3.8, 4) is 0 Å². The normalized spacial score (nSPS) is 41.7. The fourth-order valence-electron chi connectivity index (χ4n) is 9.50. The number of rotatable bonds is 9. The quantitative estimate of drug-likeness (QED) is 0.303. The Morgan fingerprint density at radius 3 is 2.40 bits per heavy atom. The summed E-state index contributed by atoms with van der Waals surface area (Å²) in [5, 5.41) is 34.7. The minimum absolute atomic E-state index is 0.00131. The number of carboxylic acids is 1. The van der Waals surface area contributed by atoms with Crippen LogP contribution in [0.2, 0.25) is 0 Å². The van der Waals surface area contributed by atoms with Gasteiger partial charge in [-0.1, -0.05) is 27.7 Å². The molecule has 4 saturated carbocycles. The van der Waals surface area contributed by atoms with Gasteiger partial charge in [0.25, 0.3) is 0 Å². The minimum Gasteiger partial charge on any atom is -0.480 e. The second-order valence-corrected chi connectivity index (χ2v) is 14.8. The fourth-order valence-corrected chi connectivity index (χ4v) is 9.50. The monoisotopic (exact) mass is 563 g/mol. The average molecular weight is 564 g/mol. The van der Waals surface area contributed by atoms with Crippen molar-refractivity contribution in [3.05, 3.63) is 0 Å². The Labute approximate surface area is 240 Å². The van der Waals surface area contributed by atoms with Gasteiger partial charge in [-0.15, -0.1) is 0 Å². The number of aliphatic hydroxyl groups is 2. The van der Waals surface area contributed by atoms with Crippen LogP contribution in [0.3, 0.4) is 0 Å². The molecule has 8 nitrogen and oxygen atoms in total. The van der Waals surface area contributed by atoms with Crippen molar-refractivity contribution >= 4 is 17.8 Å². The van der Waals surface area contributed by atoms with Crippen molar-refractivity contribution in [2.75, 3.05) is 6.54 Å². The molecule has 4 aliphatic carbocycles. The molecule has 0 bridgehead atoms. The molecule has 4 fully saturated rings. The van der Waals surface area contributed by atoms with Crippen LogP contribution in [0.15, 0.2) is 0 Å². The van der Waals surface area contributed by atoms with E-state index in [1.807, 2.05) is 20.8 Å². The number of amides is 1. The van der Waals surface area contributed by atoms with Crippen LogP contribution in [-0.4, -0.2) is 58.0 Å². The highest BCUT2D eigenvalue weighted by Crippen LogP contribution is 2.68. The zero-order chi connectivity index (χ0) is 29.6. The number of carbonyl (C=O) groups excluding carboxylic acids is 2. The van der Waals surface area contributed by atoms with Gasteiger partial charge in [0.15, 0.2) is 0 Å². The van der Waals surface area contributed by atoms with Gasteiger partial charge in [0.05, 0.1) is 17.6 Å². The van der Waals surface area contributed by atoms with Crippen molar-refractivity contribution in [1.29, 1.82) is 0 Å². The number of nitrogens with one attached hydrogen (secondary N) is 1. The van der Waals surface area contributed by atoms with E-state index < -0.39 is 23.6 Å². The van der Waals surface area contributed by atoms with Gasteiger partial charge in [0, 0.05) is 6.42 Å². The summed E-state index contributed by atoms with van der Waals surface area (Å²) in [6, 6.07) is 0. The Balaban J connectivity index is 1.45. The highest BCUT2D eigenvalue weighted by atomic mass is 16.5. The largest absolute Gasteiger partial charge is 0.480 e. The van der Waals surface area contributed by atoms with Crippen LogP contribution >= 0.6 is 0 Å². The van der Waals surface area contributed by atoms with Crippen molar-refractivity contribution in [2.24, 2.45) is 51.8 Å². The van der Waals surface area contributed by atoms with E-state index in [4.69, 9.17) is 9.84 Å². The standard InChI is InChI=1S/C32H53NO7/c1-7-30(3,4)29(39)40-20-12-13-31(5)19(14-20)15-24(34)28-22-10-9-21(32(22,6)25(35)16-23(28)31)18(2)8-11-26(36)33-17-27(37)38/h18-25,28,34-35H,7-17H2,1-6H3,(H,33,36)(H,37,38)/t18?,19?,20?,21?,22?,23?,24?,25?,28?,31-,32+/m0/s1. The molecule has 228 valence electrons. The predicted molar refractivity (Wildman–Crippen MR) is 151 cm³/mol. The van der Waals surface area contributed by atoms with Crippen LogP contribution in [0, 0.1) is 51.8 Å². The molecule has 4 rings (SSSR count). The van der Waals surface area contributed by atoms with Gasteiger partial charge in [-0.3, -0.25) is 14.4 Å². The second kappa shape index (κ2) is 11.5. The number of carbonyl (C=O) groups is 3. The van der Waals surface area contributed by atoms with Crippen molar-refractivity contribution < 1.29 is 34.4 Å². The molecule has 1 amide bonds. The molecule has 4 N–H and O–H groups in total. The van der Waals surface area contributed by atoms with Crippen LogP contribution in [0.5, 0.6) is 0 Å². The molecule has 4 aliphatic rings. The molecular weight excluding hydrogens is 510 g/mol. The Bertz CT molecular complexity index is 967. The van der Waals surface area contributed by atoms with E-state index in [1.54, 1.807) is 0 Å². The first-order chi connectivity index (χ1) is 18.6. The summed E-state index contributed by atoms with van der Waals surface area (Å²) < 4.78 is 6.00. The van der Waals surface area contributed by atoms with Crippen molar-refractivity contribution in [1.82, 2.24) is 5.32 Å². The van der Waals surface area contributed by atoms with Gasteiger partial charge in [0.1, 0.15) is 12.6 Å². The summed E-state index contributed by atoms with van der Waals surface area (Å²) >= 11 is 0. The third-order valence-electron chi connectivity index (χ3n) is 12.5. The highest BCUT2D eigenvalue weighted by Gasteiger charge is 2.65. The molecule has 0 saturated heterocycles. The van der Waals surface area contributed by atoms with Crippen LogP contribution < -0.4 is 5.32 Å². The Hall–Kier alpha value is -1.67. The molecule has 8 heteroatoms. The Kier molecular flexibility index (Phi) is 9.02. The molecule has 0 aromatic rings. The van der Waals surface area contributed by atoms with E-state index in [0.717, 1.165) is 44.9 Å². The van der Waals surface area contributed by atoms with E-state index in [9.17, 15) is 24.6 Å². The van der Waals surface area contributed by atoms with Gasteiger partial charge in [0.2, 0.25) is 5.91 Å². The lowest BCUT2D eigenvalue weighted by molar-refractivity contribution is -0.210. The van der Waals surface area contributed by atoms with Crippen LogP contribution in [0.1, 0.15) is 106 Å². The van der Waals surface area contributed by atoms with Gasteiger partial charge in [-0.25, -0.2) is 0 Å². The number of hydrogen-bond donors (Lipinski definition) is 4. The average Bonchev–Trinajstić information content (AvgIpc) is 3.25. The van der Waals surface area contributed by atoms with E-state index in [1.165, 1.54) is 0 Å². The maximum atomic E-state index is 12.8. The Morgan fingerprint density at radius 1 is 1.05 bits per heavy atom. The maximum Gasteiger partial charge on any atom is 0.322 e. The topological polar surface area (TPSA) is 133 Å². The number of aliphatic carboxylic acids is 1. The zero-order valence-corrected chi connectivity index (χ0v) is 25.4. The summed E-state index contributed by atoms with van der Waals surface area (Å²) in [6.45, 7) is 12.2. The molecule has 0 aromatic carbocycles. The van der Waals surface area contributed by atoms with Gasteiger partial charge < -0.3 is 25.4 Å².